The zero-order chi connectivity index (χ0) is 14.6. The van der Waals surface area contributed by atoms with Crippen LogP contribution >= 0.6 is 0 Å². The Morgan fingerprint density at radius 3 is 2.55 bits per heavy atom. The Balaban J connectivity index is 2.18. The highest BCUT2D eigenvalue weighted by molar-refractivity contribution is 7.89. The highest BCUT2D eigenvalue weighted by Gasteiger charge is 2.15. The summed E-state index contributed by atoms with van der Waals surface area (Å²) in [6.45, 7) is 0.0831. The highest BCUT2D eigenvalue weighted by Crippen LogP contribution is 2.15. The zero-order valence-electron chi connectivity index (χ0n) is 10.6. The number of aromatic nitrogens is 1. The summed E-state index contributed by atoms with van der Waals surface area (Å²) in [5.74, 6) is -0.513. The summed E-state index contributed by atoms with van der Waals surface area (Å²) in [6, 6.07) is 6.97. The lowest BCUT2D eigenvalue weighted by molar-refractivity contribution is 0.579. The largest absolute Gasteiger partial charge is 0.326 e. The maximum Gasteiger partial charge on any atom is 0.240 e. The summed E-state index contributed by atoms with van der Waals surface area (Å²) >= 11 is 0. The third kappa shape index (κ3) is 3.38. The van der Waals surface area contributed by atoms with Crippen LogP contribution in [0.1, 0.15) is 11.1 Å². The molecule has 106 valence electrons. The predicted molar refractivity (Wildman–Crippen MR) is 72.6 cm³/mol. The van der Waals surface area contributed by atoms with E-state index in [1.807, 2.05) is 0 Å². The monoisotopic (exact) mass is 295 g/mol. The first-order chi connectivity index (χ1) is 9.53. The van der Waals surface area contributed by atoms with E-state index in [0.29, 0.717) is 0 Å². The van der Waals surface area contributed by atoms with Crippen LogP contribution in [0.25, 0.3) is 0 Å². The minimum absolute atomic E-state index is 0.00611. The molecule has 5 nitrogen and oxygen atoms in total. The van der Waals surface area contributed by atoms with Crippen LogP contribution in [0.3, 0.4) is 0 Å². The van der Waals surface area contributed by atoms with E-state index in [0.717, 1.165) is 11.6 Å². The van der Waals surface area contributed by atoms with Gasteiger partial charge in [0.2, 0.25) is 10.0 Å². The highest BCUT2D eigenvalue weighted by atomic mass is 32.2. The Morgan fingerprint density at radius 2 is 1.90 bits per heavy atom. The summed E-state index contributed by atoms with van der Waals surface area (Å²) in [5.41, 5.74) is 6.31. The average Bonchev–Trinajstić information content (AvgIpc) is 2.46. The quantitative estimate of drug-likeness (QED) is 0.866. The molecule has 7 heteroatoms. The molecule has 0 unspecified atom stereocenters. The van der Waals surface area contributed by atoms with E-state index in [-0.39, 0.29) is 23.5 Å². The lowest BCUT2D eigenvalue weighted by Crippen LogP contribution is -2.23. The van der Waals surface area contributed by atoms with Crippen molar-refractivity contribution in [2.24, 2.45) is 5.73 Å². The number of halogens is 1. The molecule has 0 saturated carbocycles. The maximum absolute atomic E-state index is 13.3. The van der Waals surface area contributed by atoms with Crippen molar-refractivity contribution in [3.63, 3.8) is 0 Å². The minimum atomic E-state index is -3.70. The Kier molecular flexibility index (Phi) is 4.43. The van der Waals surface area contributed by atoms with Crippen LogP contribution in [-0.4, -0.2) is 13.4 Å². The van der Waals surface area contributed by atoms with Gasteiger partial charge in [0.05, 0.1) is 4.90 Å². The van der Waals surface area contributed by atoms with E-state index in [1.54, 1.807) is 24.5 Å². The van der Waals surface area contributed by atoms with Gasteiger partial charge in [-0.15, -0.1) is 0 Å². The van der Waals surface area contributed by atoms with Crippen LogP contribution < -0.4 is 10.5 Å². The van der Waals surface area contributed by atoms with Gasteiger partial charge >= 0.3 is 0 Å². The molecule has 1 heterocycles. The van der Waals surface area contributed by atoms with Crippen molar-refractivity contribution in [1.29, 1.82) is 0 Å². The first-order valence-corrected chi connectivity index (χ1v) is 7.38. The first-order valence-electron chi connectivity index (χ1n) is 5.90. The summed E-state index contributed by atoms with van der Waals surface area (Å²) in [5, 5.41) is 0. The molecule has 0 aliphatic heterocycles. The average molecular weight is 295 g/mol. The normalized spacial score (nSPS) is 11.5. The molecule has 0 fully saturated rings. The molecule has 0 atom stereocenters. The van der Waals surface area contributed by atoms with Crippen LogP contribution in [-0.2, 0) is 23.1 Å². The second-order valence-electron chi connectivity index (χ2n) is 4.14. The van der Waals surface area contributed by atoms with Crippen molar-refractivity contribution in [3.8, 4) is 0 Å². The van der Waals surface area contributed by atoms with E-state index in [4.69, 9.17) is 5.73 Å². The number of sulfonamides is 1. The Labute approximate surface area is 116 Å². The number of nitrogens with one attached hydrogen (secondary N) is 1. The first kappa shape index (κ1) is 14.6. The third-order valence-electron chi connectivity index (χ3n) is 2.76. The molecule has 2 rings (SSSR count). The number of nitrogens with zero attached hydrogens (tertiary/aromatic N) is 1. The summed E-state index contributed by atoms with van der Waals surface area (Å²) in [6.07, 6.45) is 3.15. The molecule has 1 aromatic carbocycles. The van der Waals surface area contributed by atoms with E-state index in [9.17, 15) is 12.8 Å². The van der Waals surface area contributed by atoms with Crippen LogP contribution in [0.15, 0.2) is 47.6 Å². The lowest BCUT2D eigenvalue weighted by atomic mass is 10.2. The minimum Gasteiger partial charge on any atom is -0.326 e. The van der Waals surface area contributed by atoms with Crippen molar-refractivity contribution in [1.82, 2.24) is 9.71 Å². The standard InChI is InChI=1S/C13H14FN3O2S/c14-13-2-1-12(7-11(13)8-15)20(18,19)17-9-10-3-5-16-6-4-10/h1-7,17H,8-9,15H2. The van der Waals surface area contributed by atoms with Gasteiger partial charge in [-0.2, -0.15) is 0 Å². The fourth-order valence-corrected chi connectivity index (χ4v) is 2.70. The summed E-state index contributed by atoms with van der Waals surface area (Å²) in [4.78, 5) is 3.84. The molecule has 0 saturated heterocycles. The van der Waals surface area contributed by atoms with Gasteiger partial charge in [0.15, 0.2) is 0 Å². The molecule has 20 heavy (non-hydrogen) atoms. The van der Waals surface area contributed by atoms with Gasteiger partial charge in [0, 0.05) is 31.0 Å². The number of hydrogen-bond acceptors (Lipinski definition) is 4. The van der Waals surface area contributed by atoms with E-state index >= 15 is 0 Å². The smallest absolute Gasteiger partial charge is 0.240 e. The second-order valence-corrected chi connectivity index (χ2v) is 5.90. The van der Waals surface area contributed by atoms with Gasteiger partial charge in [-0.3, -0.25) is 4.98 Å². The lowest BCUT2D eigenvalue weighted by Gasteiger charge is -2.08. The van der Waals surface area contributed by atoms with Gasteiger partial charge in [0.25, 0.3) is 0 Å². The number of benzene rings is 1. The fourth-order valence-electron chi connectivity index (χ4n) is 1.64. The van der Waals surface area contributed by atoms with Crippen LogP contribution in [0.5, 0.6) is 0 Å². The van der Waals surface area contributed by atoms with Gasteiger partial charge < -0.3 is 5.73 Å². The maximum atomic E-state index is 13.3. The number of nitrogens with two attached hydrogens (primary N) is 1. The predicted octanol–water partition coefficient (Wildman–Crippen LogP) is 1.16. The van der Waals surface area contributed by atoms with Crippen molar-refractivity contribution in [3.05, 3.63) is 59.7 Å². The van der Waals surface area contributed by atoms with Crippen molar-refractivity contribution in [2.45, 2.75) is 18.0 Å². The fraction of sp³-hybridized carbons (Fsp3) is 0.154. The van der Waals surface area contributed by atoms with Crippen molar-refractivity contribution < 1.29 is 12.8 Å². The van der Waals surface area contributed by atoms with Crippen molar-refractivity contribution >= 4 is 10.0 Å². The number of hydrogen-bond donors (Lipinski definition) is 2. The molecule has 2 aromatic rings. The van der Waals surface area contributed by atoms with Crippen LogP contribution in [0.4, 0.5) is 4.39 Å². The second kappa shape index (κ2) is 6.08. The molecular formula is C13H14FN3O2S. The summed E-state index contributed by atoms with van der Waals surface area (Å²) < 4.78 is 39.9. The Morgan fingerprint density at radius 1 is 1.20 bits per heavy atom. The molecule has 0 spiro atoms. The van der Waals surface area contributed by atoms with Gasteiger partial charge in [-0.05, 0) is 35.9 Å². The van der Waals surface area contributed by atoms with Crippen LogP contribution in [0.2, 0.25) is 0 Å². The molecule has 3 N–H and O–H groups in total. The van der Waals surface area contributed by atoms with Gasteiger partial charge in [-0.25, -0.2) is 17.5 Å². The zero-order valence-corrected chi connectivity index (χ0v) is 11.4. The Hall–Kier alpha value is -1.83. The van der Waals surface area contributed by atoms with E-state index in [1.165, 1.54) is 12.1 Å². The molecule has 0 amide bonds. The van der Waals surface area contributed by atoms with Gasteiger partial charge in [0.1, 0.15) is 5.82 Å². The molecule has 1 aromatic heterocycles. The topological polar surface area (TPSA) is 85.1 Å². The summed E-state index contributed by atoms with van der Waals surface area (Å²) in [7, 11) is -3.70. The number of pyridine rings is 1. The molecule has 0 bridgehead atoms. The number of rotatable bonds is 5. The van der Waals surface area contributed by atoms with Gasteiger partial charge in [-0.1, -0.05) is 0 Å². The molecule has 0 aliphatic rings. The molecular weight excluding hydrogens is 281 g/mol. The molecule has 0 aliphatic carbocycles. The van der Waals surface area contributed by atoms with Crippen molar-refractivity contribution in [2.75, 3.05) is 0 Å². The SMILES string of the molecule is NCc1cc(S(=O)(=O)NCc2ccncc2)ccc1F. The Bertz CT molecular complexity index is 690. The van der Waals surface area contributed by atoms with E-state index < -0.39 is 15.8 Å². The van der Waals surface area contributed by atoms with Crippen LogP contribution in [0, 0.1) is 5.82 Å². The third-order valence-corrected chi connectivity index (χ3v) is 4.16. The van der Waals surface area contributed by atoms with E-state index in [2.05, 4.69) is 9.71 Å². The molecule has 0 radical (unpaired) electrons.